The van der Waals surface area contributed by atoms with Crippen molar-refractivity contribution in [2.75, 3.05) is 27.5 Å². The van der Waals surface area contributed by atoms with Gasteiger partial charge >= 0.3 is 11.9 Å². The summed E-state index contributed by atoms with van der Waals surface area (Å²) in [6.45, 7) is 0.799. The molecule has 2 fully saturated rings. The van der Waals surface area contributed by atoms with Crippen LogP contribution in [-0.2, 0) is 25.5 Å². The zero-order valence-corrected chi connectivity index (χ0v) is 16.0. The SMILES string of the molecule is COc1c2c(cc3c1[C@H](C1C(=O)OC4(CCCC4)OC1=O)N(C)CC3)OCO2. The molecule has 3 aliphatic heterocycles. The van der Waals surface area contributed by atoms with Crippen molar-refractivity contribution in [3.63, 3.8) is 0 Å². The van der Waals surface area contributed by atoms with Crippen molar-refractivity contribution in [2.45, 2.75) is 43.9 Å². The first-order valence-electron chi connectivity index (χ1n) is 9.68. The number of methoxy groups -OCH3 is 1. The van der Waals surface area contributed by atoms with Crippen molar-refractivity contribution >= 4 is 11.9 Å². The standard InChI is InChI=1S/C20H23NO7/c1-21-8-5-11-9-12-16(26-10-25-12)17(24-2)13(11)15(21)14-18(22)27-20(28-19(14)23)6-3-4-7-20/h9,14-15H,3-8,10H2,1-2H3/t15-/m1/s1. The van der Waals surface area contributed by atoms with E-state index in [2.05, 4.69) is 0 Å². The number of benzene rings is 1. The van der Waals surface area contributed by atoms with Gasteiger partial charge in [-0.15, -0.1) is 0 Å². The monoisotopic (exact) mass is 389 g/mol. The molecular weight excluding hydrogens is 366 g/mol. The molecule has 5 rings (SSSR count). The van der Waals surface area contributed by atoms with E-state index in [4.69, 9.17) is 23.7 Å². The second-order valence-electron chi connectivity index (χ2n) is 7.83. The molecule has 1 aromatic rings. The summed E-state index contributed by atoms with van der Waals surface area (Å²) in [5, 5.41) is 0. The average Bonchev–Trinajstić information content (AvgIpc) is 3.30. The number of hydrogen-bond acceptors (Lipinski definition) is 8. The molecule has 0 aromatic heterocycles. The Bertz CT molecular complexity index is 825. The van der Waals surface area contributed by atoms with E-state index in [9.17, 15) is 9.59 Å². The van der Waals surface area contributed by atoms with Gasteiger partial charge in [0.05, 0.1) is 13.2 Å². The molecule has 0 unspecified atom stereocenters. The van der Waals surface area contributed by atoms with Gasteiger partial charge in [0.15, 0.2) is 17.4 Å². The third kappa shape index (κ3) is 2.47. The van der Waals surface area contributed by atoms with Crippen molar-refractivity contribution < 1.29 is 33.3 Å². The first kappa shape index (κ1) is 17.6. The zero-order valence-electron chi connectivity index (χ0n) is 16.0. The van der Waals surface area contributed by atoms with E-state index < -0.39 is 29.7 Å². The van der Waals surface area contributed by atoms with E-state index in [1.54, 1.807) is 7.11 Å². The summed E-state index contributed by atoms with van der Waals surface area (Å²) in [6, 6.07) is 1.37. The third-order valence-corrected chi connectivity index (χ3v) is 6.21. The first-order chi connectivity index (χ1) is 13.5. The summed E-state index contributed by atoms with van der Waals surface area (Å²) in [5.74, 6) is -1.55. The van der Waals surface area contributed by atoms with Crippen LogP contribution in [0.5, 0.6) is 17.2 Å². The predicted molar refractivity (Wildman–Crippen MR) is 95.1 cm³/mol. The van der Waals surface area contributed by atoms with Crippen LogP contribution in [0, 0.1) is 5.92 Å². The van der Waals surface area contributed by atoms with Crippen molar-refractivity contribution in [2.24, 2.45) is 5.92 Å². The van der Waals surface area contributed by atoms with Crippen LogP contribution in [0.25, 0.3) is 0 Å². The number of nitrogens with zero attached hydrogens (tertiary/aromatic N) is 1. The van der Waals surface area contributed by atoms with E-state index in [0.717, 1.165) is 30.4 Å². The van der Waals surface area contributed by atoms with E-state index in [1.165, 1.54) is 0 Å². The Morgan fingerprint density at radius 3 is 2.54 bits per heavy atom. The largest absolute Gasteiger partial charge is 0.492 e. The molecular formula is C20H23NO7. The summed E-state index contributed by atoms with van der Waals surface area (Å²) in [5.41, 5.74) is 1.74. The van der Waals surface area contributed by atoms with Crippen LogP contribution in [-0.4, -0.2) is 50.1 Å². The van der Waals surface area contributed by atoms with E-state index in [-0.39, 0.29) is 6.79 Å². The highest BCUT2D eigenvalue weighted by Gasteiger charge is 2.55. The Morgan fingerprint density at radius 2 is 1.86 bits per heavy atom. The average molecular weight is 389 g/mol. The molecule has 8 heteroatoms. The summed E-state index contributed by atoms with van der Waals surface area (Å²) in [6.07, 6.45) is 3.64. The Hall–Kier alpha value is -2.48. The Kier molecular flexibility index (Phi) is 3.94. The van der Waals surface area contributed by atoms with E-state index >= 15 is 0 Å². The van der Waals surface area contributed by atoms with Crippen LogP contribution in [0.4, 0.5) is 0 Å². The number of hydrogen-bond donors (Lipinski definition) is 0. The lowest BCUT2D eigenvalue weighted by molar-refractivity contribution is -0.252. The van der Waals surface area contributed by atoms with E-state index in [0.29, 0.717) is 36.6 Å². The molecule has 0 N–H and O–H groups in total. The highest BCUT2D eigenvalue weighted by molar-refractivity contribution is 5.98. The molecule has 1 aliphatic carbocycles. The molecule has 0 radical (unpaired) electrons. The van der Waals surface area contributed by atoms with Gasteiger partial charge in [-0.05, 0) is 37.9 Å². The zero-order chi connectivity index (χ0) is 19.5. The van der Waals surface area contributed by atoms with Gasteiger partial charge < -0.3 is 23.7 Å². The minimum atomic E-state index is -1.07. The molecule has 1 saturated carbocycles. The fourth-order valence-electron chi connectivity index (χ4n) is 4.87. The number of carbonyl (C=O) groups is 2. The predicted octanol–water partition coefficient (Wildman–Crippen LogP) is 1.94. The van der Waals surface area contributed by atoms with Gasteiger partial charge in [0.2, 0.25) is 12.5 Å². The molecule has 1 saturated heterocycles. The van der Waals surface area contributed by atoms with E-state index in [1.807, 2.05) is 18.0 Å². The summed E-state index contributed by atoms with van der Waals surface area (Å²) in [4.78, 5) is 28.0. The lowest BCUT2D eigenvalue weighted by Gasteiger charge is -2.43. The number of esters is 2. The summed E-state index contributed by atoms with van der Waals surface area (Å²) in [7, 11) is 3.44. The fraction of sp³-hybridized carbons (Fsp3) is 0.600. The molecule has 0 amide bonds. The smallest absolute Gasteiger partial charge is 0.325 e. The topological polar surface area (TPSA) is 83.5 Å². The Balaban J connectivity index is 1.58. The maximum Gasteiger partial charge on any atom is 0.325 e. The minimum absolute atomic E-state index is 0.116. The maximum absolute atomic E-state index is 13.0. The molecule has 28 heavy (non-hydrogen) atoms. The fourth-order valence-corrected chi connectivity index (χ4v) is 4.87. The van der Waals surface area contributed by atoms with Crippen LogP contribution >= 0.6 is 0 Å². The quantitative estimate of drug-likeness (QED) is 0.561. The Morgan fingerprint density at radius 1 is 1.14 bits per heavy atom. The van der Waals surface area contributed by atoms with Crippen molar-refractivity contribution in [3.05, 3.63) is 17.2 Å². The highest BCUT2D eigenvalue weighted by atomic mass is 16.7. The highest BCUT2D eigenvalue weighted by Crippen LogP contribution is 2.52. The molecule has 0 bridgehead atoms. The number of carbonyl (C=O) groups excluding carboxylic acids is 2. The summed E-state index contributed by atoms with van der Waals surface area (Å²) >= 11 is 0. The molecule has 150 valence electrons. The minimum Gasteiger partial charge on any atom is -0.492 e. The second kappa shape index (κ2) is 6.27. The Labute approximate surface area is 162 Å². The van der Waals surface area contributed by atoms with Crippen LogP contribution < -0.4 is 14.2 Å². The lowest BCUT2D eigenvalue weighted by atomic mass is 9.83. The van der Waals surface area contributed by atoms with Gasteiger partial charge in [-0.3, -0.25) is 14.5 Å². The van der Waals surface area contributed by atoms with Crippen molar-refractivity contribution in [3.8, 4) is 17.2 Å². The molecule has 1 atom stereocenters. The number of fused-ring (bicyclic) bond motifs is 2. The van der Waals surface area contributed by atoms with Gasteiger partial charge in [-0.1, -0.05) is 0 Å². The first-order valence-corrected chi connectivity index (χ1v) is 9.68. The normalized spacial score (nSPS) is 26.1. The third-order valence-electron chi connectivity index (χ3n) is 6.21. The van der Waals surface area contributed by atoms with Crippen LogP contribution in [0.2, 0.25) is 0 Å². The van der Waals surface area contributed by atoms with Crippen LogP contribution in [0.3, 0.4) is 0 Å². The van der Waals surface area contributed by atoms with Gasteiger partial charge in [-0.25, -0.2) is 0 Å². The molecule has 4 aliphatic rings. The van der Waals surface area contributed by atoms with Crippen LogP contribution in [0.1, 0.15) is 42.9 Å². The number of rotatable bonds is 2. The van der Waals surface area contributed by atoms with Crippen LogP contribution in [0.15, 0.2) is 6.07 Å². The maximum atomic E-state index is 13.0. The molecule has 8 nitrogen and oxygen atoms in total. The van der Waals surface area contributed by atoms with Gasteiger partial charge in [0.1, 0.15) is 0 Å². The van der Waals surface area contributed by atoms with Gasteiger partial charge in [-0.2, -0.15) is 0 Å². The number of ether oxygens (including phenoxy) is 5. The van der Waals surface area contributed by atoms with Crippen molar-refractivity contribution in [1.82, 2.24) is 4.90 Å². The second-order valence-corrected chi connectivity index (χ2v) is 7.83. The van der Waals surface area contributed by atoms with Gasteiger partial charge in [0.25, 0.3) is 5.79 Å². The summed E-state index contributed by atoms with van der Waals surface area (Å²) < 4.78 is 28.2. The molecule has 1 aromatic carbocycles. The molecule has 3 heterocycles. The number of likely N-dealkylation sites (N-methyl/N-ethyl adjacent to an activating group) is 1. The van der Waals surface area contributed by atoms with Crippen molar-refractivity contribution in [1.29, 1.82) is 0 Å². The lowest BCUT2D eigenvalue weighted by Crippen LogP contribution is -2.53. The van der Waals surface area contributed by atoms with Gasteiger partial charge in [0, 0.05) is 24.9 Å². The molecule has 1 spiro atoms.